The standard InChI is InChI=1S/C14H16FNOS/c1-16-9-12-3-2-4-13(15)14(12)17-7-5-11-6-8-18-10-11/h2-4,6,8,10,16H,5,7,9H2,1H3. The summed E-state index contributed by atoms with van der Waals surface area (Å²) in [6.07, 6.45) is 0.802. The Balaban J connectivity index is 1.99. The highest BCUT2D eigenvalue weighted by Crippen LogP contribution is 2.22. The molecule has 1 heterocycles. The second kappa shape index (κ2) is 6.52. The highest BCUT2D eigenvalue weighted by atomic mass is 32.1. The zero-order valence-electron chi connectivity index (χ0n) is 10.3. The molecule has 0 saturated carbocycles. The lowest BCUT2D eigenvalue weighted by molar-refractivity contribution is 0.301. The van der Waals surface area contributed by atoms with Gasteiger partial charge >= 0.3 is 0 Å². The largest absolute Gasteiger partial charge is 0.490 e. The van der Waals surface area contributed by atoms with Gasteiger partial charge in [0, 0.05) is 18.5 Å². The molecule has 0 spiro atoms. The van der Waals surface area contributed by atoms with Gasteiger partial charge in [-0.25, -0.2) is 4.39 Å². The van der Waals surface area contributed by atoms with E-state index < -0.39 is 0 Å². The molecule has 1 aromatic carbocycles. The van der Waals surface area contributed by atoms with Crippen LogP contribution in [-0.2, 0) is 13.0 Å². The normalized spacial score (nSPS) is 10.6. The molecule has 0 aliphatic carbocycles. The Labute approximate surface area is 110 Å². The van der Waals surface area contributed by atoms with Gasteiger partial charge in [0.2, 0.25) is 0 Å². The molecule has 1 aromatic heterocycles. The van der Waals surface area contributed by atoms with Crippen molar-refractivity contribution in [3.8, 4) is 5.75 Å². The van der Waals surface area contributed by atoms with Crippen molar-refractivity contribution in [1.29, 1.82) is 0 Å². The van der Waals surface area contributed by atoms with E-state index in [-0.39, 0.29) is 5.82 Å². The minimum absolute atomic E-state index is 0.298. The van der Waals surface area contributed by atoms with Crippen molar-refractivity contribution < 1.29 is 9.13 Å². The number of benzene rings is 1. The summed E-state index contributed by atoms with van der Waals surface area (Å²) in [6, 6.07) is 7.07. The molecule has 0 unspecified atom stereocenters. The fourth-order valence-corrected chi connectivity index (χ4v) is 2.45. The Morgan fingerprint density at radius 3 is 2.94 bits per heavy atom. The average molecular weight is 265 g/mol. The SMILES string of the molecule is CNCc1cccc(F)c1OCCc1ccsc1. The molecule has 0 aliphatic rings. The van der Waals surface area contributed by atoms with Crippen molar-refractivity contribution in [2.45, 2.75) is 13.0 Å². The van der Waals surface area contributed by atoms with Crippen LogP contribution in [0, 0.1) is 5.82 Å². The van der Waals surface area contributed by atoms with Gasteiger partial charge in [-0.3, -0.25) is 0 Å². The smallest absolute Gasteiger partial charge is 0.165 e. The first-order valence-corrected chi connectivity index (χ1v) is 6.81. The molecule has 0 amide bonds. The molecule has 0 fully saturated rings. The molecule has 2 rings (SSSR count). The topological polar surface area (TPSA) is 21.3 Å². The maximum absolute atomic E-state index is 13.7. The van der Waals surface area contributed by atoms with Crippen LogP contribution in [0.2, 0.25) is 0 Å². The molecule has 0 bridgehead atoms. The summed E-state index contributed by atoms with van der Waals surface area (Å²) in [6.45, 7) is 1.10. The number of nitrogens with one attached hydrogen (secondary N) is 1. The summed E-state index contributed by atoms with van der Waals surface area (Å²) in [7, 11) is 1.83. The van der Waals surface area contributed by atoms with Crippen LogP contribution in [0.5, 0.6) is 5.75 Å². The third-order valence-electron chi connectivity index (χ3n) is 2.63. The van der Waals surface area contributed by atoms with Gasteiger partial charge < -0.3 is 10.1 Å². The maximum Gasteiger partial charge on any atom is 0.165 e. The Kier molecular flexibility index (Phi) is 4.73. The van der Waals surface area contributed by atoms with E-state index in [1.807, 2.05) is 18.5 Å². The maximum atomic E-state index is 13.7. The highest BCUT2D eigenvalue weighted by molar-refractivity contribution is 7.07. The van der Waals surface area contributed by atoms with Gasteiger partial charge in [0.1, 0.15) is 0 Å². The van der Waals surface area contributed by atoms with Gasteiger partial charge in [0.25, 0.3) is 0 Å². The molecule has 4 heteroatoms. The number of hydrogen-bond donors (Lipinski definition) is 1. The van der Waals surface area contributed by atoms with Crippen LogP contribution in [0.15, 0.2) is 35.0 Å². The Morgan fingerprint density at radius 1 is 1.33 bits per heavy atom. The van der Waals surface area contributed by atoms with E-state index in [0.717, 1.165) is 12.0 Å². The molecule has 0 saturated heterocycles. The van der Waals surface area contributed by atoms with Crippen LogP contribution < -0.4 is 10.1 Å². The number of para-hydroxylation sites is 1. The first kappa shape index (κ1) is 13.1. The number of rotatable bonds is 6. The minimum atomic E-state index is -0.298. The highest BCUT2D eigenvalue weighted by Gasteiger charge is 2.09. The van der Waals surface area contributed by atoms with E-state index in [1.54, 1.807) is 17.4 Å². The molecular formula is C14H16FNOS. The number of thiophene rings is 1. The first-order chi connectivity index (χ1) is 8.81. The molecule has 96 valence electrons. The van der Waals surface area contributed by atoms with Crippen LogP contribution in [0.4, 0.5) is 4.39 Å². The van der Waals surface area contributed by atoms with Crippen molar-refractivity contribution in [3.05, 3.63) is 52.0 Å². The fourth-order valence-electron chi connectivity index (χ4n) is 1.75. The van der Waals surface area contributed by atoms with Crippen LogP contribution in [0.1, 0.15) is 11.1 Å². The number of halogens is 1. The van der Waals surface area contributed by atoms with Gasteiger partial charge in [-0.05, 0) is 35.5 Å². The Morgan fingerprint density at radius 2 is 2.22 bits per heavy atom. The quantitative estimate of drug-likeness (QED) is 0.866. The second-order valence-electron chi connectivity index (χ2n) is 3.99. The van der Waals surface area contributed by atoms with E-state index in [2.05, 4.69) is 16.8 Å². The van der Waals surface area contributed by atoms with Crippen LogP contribution >= 0.6 is 11.3 Å². The van der Waals surface area contributed by atoms with Crippen LogP contribution in [0.25, 0.3) is 0 Å². The van der Waals surface area contributed by atoms with Gasteiger partial charge in [0.15, 0.2) is 11.6 Å². The predicted octanol–water partition coefficient (Wildman–Crippen LogP) is 3.23. The molecule has 0 aliphatic heterocycles. The van der Waals surface area contributed by atoms with Gasteiger partial charge in [-0.15, -0.1) is 0 Å². The van der Waals surface area contributed by atoms with Gasteiger partial charge in [0.05, 0.1) is 6.61 Å². The summed E-state index contributed by atoms with van der Waals surface area (Å²) in [5.41, 5.74) is 2.08. The van der Waals surface area contributed by atoms with Gasteiger partial charge in [-0.1, -0.05) is 12.1 Å². The van der Waals surface area contributed by atoms with E-state index in [0.29, 0.717) is 18.9 Å². The number of hydrogen-bond acceptors (Lipinski definition) is 3. The lowest BCUT2D eigenvalue weighted by atomic mass is 10.2. The van der Waals surface area contributed by atoms with Crippen molar-refractivity contribution >= 4 is 11.3 Å². The molecule has 0 atom stereocenters. The zero-order chi connectivity index (χ0) is 12.8. The minimum Gasteiger partial charge on any atom is -0.490 e. The molecular weight excluding hydrogens is 249 g/mol. The van der Waals surface area contributed by atoms with E-state index in [9.17, 15) is 4.39 Å². The summed E-state index contributed by atoms with van der Waals surface area (Å²) in [5, 5.41) is 7.13. The fraction of sp³-hybridized carbons (Fsp3) is 0.286. The van der Waals surface area contributed by atoms with Crippen molar-refractivity contribution in [1.82, 2.24) is 5.32 Å². The monoisotopic (exact) mass is 265 g/mol. The van der Waals surface area contributed by atoms with E-state index in [1.165, 1.54) is 11.6 Å². The first-order valence-electron chi connectivity index (χ1n) is 5.87. The summed E-state index contributed by atoms with van der Waals surface area (Å²) >= 11 is 1.66. The average Bonchev–Trinajstić information content (AvgIpc) is 2.86. The van der Waals surface area contributed by atoms with Crippen molar-refractivity contribution in [3.63, 3.8) is 0 Å². The molecule has 1 N–H and O–H groups in total. The molecule has 18 heavy (non-hydrogen) atoms. The predicted molar refractivity (Wildman–Crippen MR) is 72.7 cm³/mol. The van der Waals surface area contributed by atoms with E-state index >= 15 is 0 Å². The van der Waals surface area contributed by atoms with Gasteiger partial charge in [-0.2, -0.15) is 11.3 Å². The Hall–Kier alpha value is -1.39. The zero-order valence-corrected chi connectivity index (χ0v) is 11.1. The summed E-state index contributed by atoms with van der Waals surface area (Å²) in [4.78, 5) is 0. The van der Waals surface area contributed by atoms with Crippen molar-refractivity contribution in [2.75, 3.05) is 13.7 Å². The summed E-state index contributed by atoms with van der Waals surface area (Å²) < 4.78 is 19.3. The molecule has 0 radical (unpaired) electrons. The Bertz CT molecular complexity index is 485. The van der Waals surface area contributed by atoms with E-state index in [4.69, 9.17) is 4.74 Å². The second-order valence-corrected chi connectivity index (χ2v) is 4.77. The van der Waals surface area contributed by atoms with Crippen LogP contribution in [0.3, 0.4) is 0 Å². The van der Waals surface area contributed by atoms with Crippen LogP contribution in [-0.4, -0.2) is 13.7 Å². The lowest BCUT2D eigenvalue weighted by Crippen LogP contribution is -2.10. The molecule has 2 aromatic rings. The molecule has 2 nitrogen and oxygen atoms in total. The number of ether oxygens (including phenoxy) is 1. The third kappa shape index (κ3) is 3.31. The summed E-state index contributed by atoms with van der Waals surface area (Å²) in [5.74, 6) is 0.0650. The lowest BCUT2D eigenvalue weighted by Gasteiger charge is -2.11. The van der Waals surface area contributed by atoms with Crippen molar-refractivity contribution in [2.24, 2.45) is 0 Å². The third-order valence-corrected chi connectivity index (χ3v) is 3.37.